The van der Waals surface area contributed by atoms with Crippen molar-refractivity contribution in [3.63, 3.8) is 0 Å². The molecular formula is C23H32ClN3O4S. The lowest BCUT2D eigenvalue weighted by atomic mass is 10.1. The van der Waals surface area contributed by atoms with E-state index in [1.54, 1.807) is 30.3 Å². The number of nitrogens with zero attached hydrogens (tertiary/aromatic N) is 2. The lowest BCUT2D eigenvalue weighted by Crippen LogP contribution is -2.41. The van der Waals surface area contributed by atoms with Gasteiger partial charge in [0.1, 0.15) is 6.61 Å². The summed E-state index contributed by atoms with van der Waals surface area (Å²) in [5, 5.41) is 3.15. The van der Waals surface area contributed by atoms with Crippen molar-refractivity contribution in [3.05, 3.63) is 53.1 Å². The average molecular weight is 482 g/mol. The maximum atomic E-state index is 13.6. The Morgan fingerprint density at radius 3 is 2.38 bits per heavy atom. The van der Waals surface area contributed by atoms with E-state index in [4.69, 9.17) is 16.3 Å². The Labute approximate surface area is 196 Å². The lowest BCUT2D eigenvalue weighted by Gasteiger charge is -2.32. The van der Waals surface area contributed by atoms with Crippen LogP contribution in [0.5, 0.6) is 0 Å². The number of hydrogen-bond acceptors (Lipinski definition) is 5. The molecule has 0 bridgehead atoms. The number of rotatable bonds is 10. The molecule has 2 aromatic rings. The van der Waals surface area contributed by atoms with Crippen molar-refractivity contribution < 1.29 is 17.9 Å². The van der Waals surface area contributed by atoms with E-state index in [1.807, 2.05) is 45.8 Å². The Kier molecular flexibility index (Phi) is 9.09. The molecule has 0 aliphatic rings. The van der Waals surface area contributed by atoms with Gasteiger partial charge < -0.3 is 15.0 Å². The first-order valence-electron chi connectivity index (χ1n) is 10.3. The number of anilines is 2. The number of hydrogen-bond donors (Lipinski definition) is 1. The van der Waals surface area contributed by atoms with Crippen LogP contribution in [0, 0.1) is 5.92 Å². The Balaban J connectivity index is 2.53. The van der Waals surface area contributed by atoms with Crippen molar-refractivity contribution in [2.24, 2.45) is 5.92 Å². The summed E-state index contributed by atoms with van der Waals surface area (Å²) in [5.41, 5.74) is 2.20. The standard InChI is InChI=1S/C23H32ClN3O4S/c1-16(2)17(3)27(32(29,30)21-9-7-8-19(24)13-21)14-18-12-20(25-23(28)15-31-6)10-11-22(18)26(4)5/h7-13,16-17H,14-15H2,1-6H3,(H,25,28)/t17-/m1/s1. The summed E-state index contributed by atoms with van der Waals surface area (Å²) in [5.74, 6) is -0.202. The maximum Gasteiger partial charge on any atom is 0.250 e. The summed E-state index contributed by atoms with van der Waals surface area (Å²) in [7, 11) is 1.41. The fourth-order valence-electron chi connectivity index (χ4n) is 3.27. The van der Waals surface area contributed by atoms with Crippen molar-refractivity contribution in [2.45, 2.75) is 38.3 Å². The molecule has 2 aromatic carbocycles. The third-order valence-corrected chi connectivity index (χ3v) is 7.43. The Hall–Kier alpha value is -2.13. The largest absolute Gasteiger partial charge is 0.377 e. The minimum atomic E-state index is -3.83. The second-order valence-corrected chi connectivity index (χ2v) is 10.5. The molecule has 9 heteroatoms. The zero-order valence-electron chi connectivity index (χ0n) is 19.4. The molecule has 0 aliphatic carbocycles. The molecule has 32 heavy (non-hydrogen) atoms. The molecule has 1 amide bonds. The van der Waals surface area contributed by atoms with Crippen molar-refractivity contribution in [1.29, 1.82) is 0 Å². The summed E-state index contributed by atoms with van der Waals surface area (Å²) in [6.07, 6.45) is 0. The molecule has 1 N–H and O–H groups in total. The second-order valence-electron chi connectivity index (χ2n) is 8.21. The quantitative estimate of drug-likeness (QED) is 0.549. The zero-order valence-corrected chi connectivity index (χ0v) is 21.0. The minimum Gasteiger partial charge on any atom is -0.377 e. The van der Waals surface area contributed by atoms with E-state index in [-0.39, 0.29) is 35.9 Å². The van der Waals surface area contributed by atoms with Crippen LogP contribution in [0.4, 0.5) is 11.4 Å². The highest BCUT2D eigenvalue weighted by Gasteiger charge is 2.32. The number of methoxy groups -OCH3 is 1. The summed E-state index contributed by atoms with van der Waals surface area (Å²) in [6, 6.07) is 11.5. The van der Waals surface area contributed by atoms with Crippen LogP contribution >= 0.6 is 11.6 Å². The van der Waals surface area contributed by atoms with Crippen LogP contribution in [0.15, 0.2) is 47.4 Å². The topological polar surface area (TPSA) is 79.0 Å². The number of nitrogens with one attached hydrogen (secondary N) is 1. The molecule has 0 aromatic heterocycles. The monoisotopic (exact) mass is 481 g/mol. The van der Waals surface area contributed by atoms with E-state index < -0.39 is 10.0 Å². The van der Waals surface area contributed by atoms with Gasteiger partial charge in [0.25, 0.3) is 0 Å². The van der Waals surface area contributed by atoms with E-state index in [1.165, 1.54) is 17.5 Å². The first-order valence-corrected chi connectivity index (χ1v) is 12.2. The summed E-state index contributed by atoms with van der Waals surface area (Å²) >= 11 is 6.08. The number of ether oxygens (including phenoxy) is 1. The predicted molar refractivity (Wildman–Crippen MR) is 130 cm³/mol. The number of sulfonamides is 1. The fraction of sp³-hybridized carbons (Fsp3) is 0.435. The average Bonchev–Trinajstić information content (AvgIpc) is 2.71. The fourth-order valence-corrected chi connectivity index (χ4v) is 5.31. The molecular weight excluding hydrogens is 450 g/mol. The molecule has 0 saturated heterocycles. The van der Waals surface area contributed by atoms with Crippen LogP contribution in [-0.4, -0.2) is 52.5 Å². The van der Waals surface area contributed by atoms with E-state index in [2.05, 4.69) is 5.32 Å². The number of benzene rings is 2. The number of amides is 1. The van der Waals surface area contributed by atoms with Gasteiger partial charge in [-0.3, -0.25) is 4.79 Å². The van der Waals surface area contributed by atoms with Gasteiger partial charge in [-0.1, -0.05) is 31.5 Å². The first kappa shape index (κ1) is 26.1. The van der Waals surface area contributed by atoms with Crippen molar-refractivity contribution in [1.82, 2.24) is 4.31 Å². The number of carbonyl (C=O) groups excluding carboxylic acids is 1. The molecule has 0 unspecified atom stereocenters. The van der Waals surface area contributed by atoms with Gasteiger partial charge in [0.2, 0.25) is 15.9 Å². The van der Waals surface area contributed by atoms with Crippen molar-refractivity contribution >= 4 is 38.9 Å². The minimum absolute atomic E-state index is 0.0651. The molecule has 176 valence electrons. The van der Waals surface area contributed by atoms with E-state index in [0.29, 0.717) is 10.7 Å². The highest BCUT2D eigenvalue weighted by molar-refractivity contribution is 7.89. The van der Waals surface area contributed by atoms with Gasteiger partial charge in [0, 0.05) is 50.2 Å². The molecule has 0 radical (unpaired) electrons. The van der Waals surface area contributed by atoms with Gasteiger partial charge >= 0.3 is 0 Å². The van der Waals surface area contributed by atoms with Crippen LogP contribution in [-0.2, 0) is 26.1 Å². The van der Waals surface area contributed by atoms with Gasteiger partial charge in [-0.25, -0.2) is 8.42 Å². The predicted octanol–water partition coefficient (Wildman–Crippen LogP) is 4.23. The van der Waals surface area contributed by atoms with Crippen molar-refractivity contribution in [2.75, 3.05) is 38.0 Å². The Morgan fingerprint density at radius 2 is 1.81 bits per heavy atom. The summed E-state index contributed by atoms with van der Waals surface area (Å²) in [4.78, 5) is 14.0. The normalized spacial score (nSPS) is 12.8. The van der Waals surface area contributed by atoms with Gasteiger partial charge in [-0.05, 0) is 54.8 Å². The molecule has 0 saturated carbocycles. The molecule has 2 rings (SSSR count). The van der Waals surface area contributed by atoms with Gasteiger partial charge in [-0.2, -0.15) is 4.31 Å². The molecule has 0 spiro atoms. The smallest absolute Gasteiger partial charge is 0.250 e. The Bertz CT molecular complexity index is 1040. The van der Waals surface area contributed by atoms with E-state index in [9.17, 15) is 13.2 Å². The molecule has 0 aliphatic heterocycles. The van der Waals surface area contributed by atoms with Crippen molar-refractivity contribution in [3.8, 4) is 0 Å². The van der Waals surface area contributed by atoms with Crippen LogP contribution in [0.1, 0.15) is 26.3 Å². The highest BCUT2D eigenvalue weighted by atomic mass is 35.5. The van der Waals surface area contributed by atoms with E-state index in [0.717, 1.165) is 11.3 Å². The second kappa shape index (κ2) is 11.1. The third-order valence-electron chi connectivity index (χ3n) is 5.27. The van der Waals surface area contributed by atoms with E-state index >= 15 is 0 Å². The zero-order chi connectivity index (χ0) is 24.1. The molecule has 0 heterocycles. The van der Waals surface area contributed by atoms with Crippen LogP contribution in [0.3, 0.4) is 0 Å². The highest BCUT2D eigenvalue weighted by Crippen LogP contribution is 2.30. The molecule has 7 nitrogen and oxygen atoms in total. The Morgan fingerprint density at radius 1 is 1.12 bits per heavy atom. The first-order chi connectivity index (χ1) is 15.0. The SMILES string of the molecule is COCC(=O)Nc1ccc(N(C)C)c(CN([C@H](C)C(C)C)S(=O)(=O)c2cccc(Cl)c2)c1. The maximum absolute atomic E-state index is 13.6. The van der Waals surface area contributed by atoms with Crippen LogP contribution in [0.25, 0.3) is 0 Å². The number of carbonyl (C=O) groups is 1. The number of halogens is 1. The van der Waals surface area contributed by atoms with Crippen LogP contribution in [0.2, 0.25) is 5.02 Å². The molecule has 1 atom stereocenters. The van der Waals surface area contributed by atoms with Gasteiger partial charge in [0.15, 0.2) is 0 Å². The van der Waals surface area contributed by atoms with Gasteiger partial charge in [-0.15, -0.1) is 0 Å². The van der Waals surface area contributed by atoms with Crippen LogP contribution < -0.4 is 10.2 Å². The lowest BCUT2D eigenvalue weighted by molar-refractivity contribution is -0.119. The summed E-state index contributed by atoms with van der Waals surface area (Å²) < 4.78 is 33.6. The molecule has 0 fully saturated rings. The van der Waals surface area contributed by atoms with Gasteiger partial charge in [0.05, 0.1) is 4.90 Å². The third kappa shape index (κ3) is 6.45. The summed E-state index contributed by atoms with van der Waals surface area (Å²) in [6.45, 7) is 5.94.